The minimum Gasteiger partial charge on any atom is -0.399 e. The number of hydrogen-bond donors (Lipinski definition) is 2. The van der Waals surface area contributed by atoms with Gasteiger partial charge in [-0.1, -0.05) is 0 Å². The Hall–Kier alpha value is -0.790. The number of anilines is 1. The van der Waals surface area contributed by atoms with Crippen molar-refractivity contribution in [2.24, 2.45) is 0 Å². The van der Waals surface area contributed by atoms with E-state index in [1.54, 1.807) is 11.8 Å². The van der Waals surface area contributed by atoms with Crippen LogP contribution in [0.3, 0.4) is 0 Å². The zero-order valence-electron chi connectivity index (χ0n) is 11.1. The first-order valence-electron chi connectivity index (χ1n) is 5.92. The van der Waals surface area contributed by atoms with Crippen molar-refractivity contribution in [3.8, 4) is 0 Å². The van der Waals surface area contributed by atoms with Crippen molar-refractivity contribution >= 4 is 27.5 Å². The van der Waals surface area contributed by atoms with Gasteiger partial charge < -0.3 is 5.73 Å². The first-order valence-corrected chi connectivity index (χ1v) is 8.80. The molecule has 0 amide bonds. The van der Waals surface area contributed by atoms with Crippen LogP contribution in [0.15, 0.2) is 17.0 Å². The third-order valence-corrected chi connectivity index (χ3v) is 4.76. The lowest BCUT2D eigenvalue weighted by Crippen LogP contribution is -2.26. The Balaban J connectivity index is 2.78. The fourth-order valence-corrected chi connectivity index (χ4v) is 3.36. The molecule has 0 spiro atoms. The van der Waals surface area contributed by atoms with Crippen molar-refractivity contribution in [3.05, 3.63) is 23.5 Å². The summed E-state index contributed by atoms with van der Waals surface area (Å²) >= 11 is 1.71. The number of unbranched alkanes of at least 4 members (excludes halogenated alkanes) is 1. The van der Waals surface area contributed by atoms with E-state index in [1.165, 1.54) is 13.0 Å². The van der Waals surface area contributed by atoms with Gasteiger partial charge in [0.2, 0.25) is 10.0 Å². The van der Waals surface area contributed by atoms with Crippen molar-refractivity contribution in [2.75, 3.05) is 24.3 Å². The molecule has 0 saturated heterocycles. The first kappa shape index (κ1) is 16.3. The molecule has 3 N–H and O–H groups in total. The maximum Gasteiger partial charge on any atom is 0.243 e. The van der Waals surface area contributed by atoms with E-state index < -0.39 is 15.8 Å². The fraction of sp³-hybridized carbons (Fsp3) is 0.500. The number of aryl methyl sites for hydroxylation is 1. The predicted molar refractivity (Wildman–Crippen MR) is 78.4 cm³/mol. The SMILES string of the molecule is CSCCCCNS(=O)(=O)c1cc(N)cc(C)c1F. The van der Waals surface area contributed by atoms with Gasteiger partial charge in [0.05, 0.1) is 0 Å². The highest BCUT2D eigenvalue weighted by molar-refractivity contribution is 7.98. The van der Waals surface area contributed by atoms with Gasteiger partial charge in [0.25, 0.3) is 0 Å². The molecule has 0 fully saturated rings. The third-order valence-electron chi connectivity index (χ3n) is 2.60. The number of halogens is 1. The lowest BCUT2D eigenvalue weighted by molar-refractivity contribution is 0.551. The van der Waals surface area contributed by atoms with Crippen molar-refractivity contribution in [2.45, 2.75) is 24.7 Å². The van der Waals surface area contributed by atoms with Crippen LogP contribution in [-0.4, -0.2) is 27.0 Å². The highest BCUT2D eigenvalue weighted by atomic mass is 32.2. The van der Waals surface area contributed by atoms with Crippen LogP contribution in [0.4, 0.5) is 10.1 Å². The number of rotatable bonds is 7. The third kappa shape index (κ3) is 4.67. The molecule has 4 nitrogen and oxygen atoms in total. The van der Waals surface area contributed by atoms with Gasteiger partial charge in [0.1, 0.15) is 10.7 Å². The largest absolute Gasteiger partial charge is 0.399 e. The van der Waals surface area contributed by atoms with Gasteiger partial charge in [-0.05, 0) is 49.5 Å². The van der Waals surface area contributed by atoms with Gasteiger partial charge in [-0.25, -0.2) is 17.5 Å². The number of nitrogen functional groups attached to an aromatic ring is 1. The maximum absolute atomic E-state index is 13.8. The zero-order chi connectivity index (χ0) is 14.5. The topological polar surface area (TPSA) is 72.2 Å². The average molecular weight is 306 g/mol. The van der Waals surface area contributed by atoms with Crippen LogP contribution >= 0.6 is 11.8 Å². The summed E-state index contributed by atoms with van der Waals surface area (Å²) in [7, 11) is -3.83. The van der Waals surface area contributed by atoms with E-state index in [0.29, 0.717) is 6.54 Å². The van der Waals surface area contributed by atoms with Gasteiger partial charge in [-0.2, -0.15) is 11.8 Å². The van der Waals surface area contributed by atoms with Gasteiger partial charge in [0, 0.05) is 12.2 Å². The highest BCUT2D eigenvalue weighted by Crippen LogP contribution is 2.21. The highest BCUT2D eigenvalue weighted by Gasteiger charge is 2.20. The lowest BCUT2D eigenvalue weighted by atomic mass is 10.2. The van der Waals surface area contributed by atoms with E-state index in [-0.39, 0.29) is 16.1 Å². The fourth-order valence-electron chi connectivity index (χ4n) is 1.62. The molecule has 0 unspecified atom stereocenters. The summed E-state index contributed by atoms with van der Waals surface area (Å²) in [5, 5.41) is 0. The normalized spacial score (nSPS) is 11.7. The van der Waals surface area contributed by atoms with Gasteiger partial charge in [0.15, 0.2) is 0 Å². The summed E-state index contributed by atoms with van der Waals surface area (Å²) in [6.45, 7) is 1.79. The van der Waals surface area contributed by atoms with E-state index in [4.69, 9.17) is 5.73 Å². The monoisotopic (exact) mass is 306 g/mol. The molecule has 0 heterocycles. The molecule has 0 bridgehead atoms. The minimum atomic E-state index is -3.83. The van der Waals surface area contributed by atoms with Crippen LogP contribution in [0.5, 0.6) is 0 Å². The molecule has 1 rings (SSSR count). The minimum absolute atomic E-state index is 0.225. The number of nitrogens with two attached hydrogens (primary N) is 1. The molecule has 0 saturated carbocycles. The number of nitrogens with one attached hydrogen (secondary N) is 1. The Morgan fingerprint density at radius 1 is 1.37 bits per heavy atom. The van der Waals surface area contributed by atoms with Crippen molar-refractivity contribution in [3.63, 3.8) is 0 Å². The quantitative estimate of drug-likeness (QED) is 0.598. The number of thioether (sulfide) groups is 1. The smallest absolute Gasteiger partial charge is 0.243 e. The molecule has 1 aromatic carbocycles. The van der Waals surface area contributed by atoms with Gasteiger partial charge in [-0.3, -0.25) is 0 Å². The van der Waals surface area contributed by atoms with E-state index in [9.17, 15) is 12.8 Å². The summed E-state index contributed by atoms with van der Waals surface area (Å²) in [4.78, 5) is -0.380. The Morgan fingerprint density at radius 2 is 2.05 bits per heavy atom. The second kappa shape index (κ2) is 7.12. The molecule has 108 valence electrons. The summed E-state index contributed by atoms with van der Waals surface area (Å²) in [6, 6.07) is 2.55. The van der Waals surface area contributed by atoms with Crippen LogP contribution in [-0.2, 0) is 10.0 Å². The number of benzene rings is 1. The van der Waals surface area contributed by atoms with E-state index in [1.807, 2.05) is 6.26 Å². The predicted octanol–water partition coefficient (Wildman–Crippen LogP) is 2.14. The Kier molecular flexibility index (Phi) is 6.09. The number of sulfonamides is 1. The second-order valence-electron chi connectivity index (χ2n) is 4.25. The average Bonchev–Trinajstić information content (AvgIpc) is 2.33. The van der Waals surface area contributed by atoms with Crippen LogP contribution in [0.1, 0.15) is 18.4 Å². The van der Waals surface area contributed by atoms with Crippen molar-refractivity contribution < 1.29 is 12.8 Å². The van der Waals surface area contributed by atoms with Crippen molar-refractivity contribution in [1.82, 2.24) is 4.72 Å². The first-order chi connectivity index (χ1) is 8.88. The second-order valence-corrected chi connectivity index (χ2v) is 6.97. The van der Waals surface area contributed by atoms with E-state index in [0.717, 1.165) is 24.7 Å². The van der Waals surface area contributed by atoms with Crippen LogP contribution < -0.4 is 10.5 Å². The van der Waals surface area contributed by atoms with Crippen LogP contribution in [0.25, 0.3) is 0 Å². The molecule has 0 aliphatic heterocycles. The zero-order valence-corrected chi connectivity index (χ0v) is 12.7. The van der Waals surface area contributed by atoms with Crippen LogP contribution in [0.2, 0.25) is 0 Å². The molecule has 19 heavy (non-hydrogen) atoms. The standard InChI is InChI=1S/C12H19FN2O2S2/c1-9-7-10(14)8-11(12(9)13)19(16,17)15-5-3-4-6-18-2/h7-8,15H,3-6,14H2,1-2H3. The van der Waals surface area contributed by atoms with Crippen LogP contribution in [0, 0.1) is 12.7 Å². The van der Waals surface area contributed by atoms with E-state index >= 15 is 0 Å². The molecule has 1 aromatic rings. The molecule has 0 radical (unpaired) electrons. The molecular weight excluding hydrogens is 287 g/mol. The van der Waals surface area contributed by atoms with Gasteiger partial charge in [-0.15, -0.1) is 0 Å². The van der Waals surface area contributed by atoms with Gasteiger partial charge >= 0.3 is 0 Å². The molecular formula is C12H19FN2O2S2. The number of hydrogen-bond acceptors (Lipinski definition) is 4. The Labute approximate surface area is 118 Å². The maximum atomic E-state index is 13.8. The Morgan fingerprint density at radius 3 is 2.68 bits per heavy atom. The lowest BCUT2D eigenvalue weighted by Gasteiger charge is -2.10. The summed E-state index contributed by atoms with van der Waals surface area (Å²) in [5.41, 5.74) is 6.02. The molecule has 7 heteroatoms. The molecule has 0 atom stereocenters. The summed E-state index contributed by atoms with van der Waals surface area (Å²) in [6.07, 6.45) is 3.64. The Bertz CT molecular complexity index is 533. The molecule has 0 aliphatic carbocycles. The van der Waals surface area contributed by atoms with E-state index in [2.05, 4.69) is 4.72 Å². The summed E-state index contributed by atoms with van der Waals surface area (Å²) in [5.74, 6) is 0.235. The molecule has 0 aliphatic rings. The molecule has 0 aromatic heterocycles. The summed E-state index contributed by atoms with van der Waals surface area (Å²) < 4.78 is 40.2. The van der Waals surface area contributed by atoms with Crippen molar-refractivity contribution in [1.29, 1.82) is 0 Å².